The Balaban J connectivity index is 2.21. The van der Waals surface area contributed by atoms with E-state index in [4.69, 9.17) is 11.6 Å². The number of carbonyl (C=O) groups is 1. The van der Waals surface area contributed by atoms with E-state index in [1.165, 1.54) is 24.3 Å². The molecule has 0 heterocycles. The highest BCUT2D eigenvalue weighted by molar-refractivity contribution is 7.90. The van der Waals surface area contributed by atoms with E-state index < -0.39 is 9.84 Å². The van der Waals surface area contributed by atoms with Crippen LogP contribution in [0.25, 0.3) is 0 Å². The maximum atomic E-state index is 12.2. The molecule has 0 radical (unpaired) electrons. The number of hydrogen-bond acceptors (Lipinski definition) is 3. The minimum Gasteiger partial charge on any atom is -0.294 e. The summed E-state index contributed by atoms with van der Waals surface area (Å²) in [6.07, 6.45) is 1.33. The molecular formula is C16H15ClO3S. The smallest absolute Gasteiger partial charge is 0.175 e. The lowest BCUT2D eigenvalue weighted by atomic mass is 10.0. The van der Waals surface area contributed by atoms with Crippen molar-refractivity contribution >= 4 is 27.2 Å². The second-order valence-corrected chi connectivity index (χ2v) is 7.41. The fourth-order valence-corrected chi connectivity index (χ4v) is 2.89. The molecule has 0 amide bonds. The third-order valence-electron chi connectivity index (χ3n) is 3.16. The Morgan fingerprint density at radius 2 is 1.71 bits per heavy atom. The molecular weight excluding hydrogens is 308 g/mol. The lowest BCUT2D eigenvalue weighted by Crippen LogP contribution is -2.05. The number of Topliss-reactive ketones (excluding diaryl/α,β-unsaturated/α-hetero) is 1. The summed E-state index contributed by atoms with van der Waals surface area (Å²) in [5, 5.41) is 0.566. The Hall–Kier alpha value is -1.65. The number of ketones is 1. The Morgan fingerprint density at radius 1 is 1.10 bits per heavy atom. The molecule has 0 aromatic heterocycles. The highest BCUT2D eigenvalue weighted by Crippen LogP contribution is 2.20. The monoisotopic (exact) mass is 322 g/mol. The van der Waals surface area contributed by atoms with Crippen LogP contribution in [0.1, 0.15) is 21.5 Å². The number of hydrogen-bond donors (Lipinski definition) is 0. The quantitative estimate of drug-likeness (QED) is 0.810. The molecule has 0 atom stereocenters. The van der Waals surface area contributed by atoms with Gasteiger partial charge in [-0.15, -0.1) is 0 Å². The Morgan fingerprint density at radius 3 is 2.24 bits per heavy atom. The van der Waals surface area contributed by atoms with Crippen molar-refractivity contribution in [1.82, 2.24) is 0 Å². The largest absolute Gasteiger partial charge is 0.294 e. The standard InChI is InChI=1S/C16H15ClO3S/c1-11-3-4-13(15(17)9-11)10-16(18)12-5-7-14(8-6-12)21(2,19)20/h3-9H,10H2,1-2H3. The van der Waals surface area contributed by atoms with Gasteiger partial charge in [-0.05, 0) is 36.2 Å². The molecule has 0 bridgehead atoms. The third-order valence-corrected chi connectivity index (χ3v) is 4.64. The zero-order valence-corrected chi connectivity index (χ0v) is 13.3. The average molecular weight is 323 g/mol. The van der Waals surface area contributed by atoms with Crippen molar-refractivity contribution in [3.63, 3.8) is 0 Å². The van der Waals surface area contributed by atoms with Crippen LogP contribution in [0.4, 0.5) is 0 Å². The van der Waals surface area contributed by atoms with Crippen LogP contribution in [0.5, 0.6) is 0 Å². The van der Waals surface area contributed by atoms with Crippen molar-refractivity contribution in [2.75, 3.05) is 6.26 Å². The SMILES string of the molecule is Cc1ccc(CC(=O)c2ccc(S(C)(=O)=O)cc2)c(Cl)c1. The molecule has 3 nitrogen and oxygen atoms in total. The van der Waals surface area contributed by atoms with Crippen LogP contribution in [-0.4, -0.2) is 20.5 Å². The first-order valence-electron chi connectivity index (χ1n) is 6.36. The normalized spacial score (nSPS) is 11.4. The fraction of sp³-hybridized carbons (Fsp3) is 0.188. The fourth-order valence-electron chi connectivity index (χ4n) is 1.96. The highest BCUT2D eigenvalue weighted by Gasteiger charge is 2.12. The molecule has 0 aliphatic carbocycles. The Labute approximate surface area is 129 Å². The maximum absolute atomic E-state index is 12.2. The van der Waals surface area contributed by atoms with Crippen LogP contribution in [0.3, 0.4) is 0 Å². The Bertz CT molecular complexity index is 778. The molecule has 0 aliphatic heterocycles. The summed E-state index contributed by atoms with van der Waals surface area (Å²) < 4.78 is 22.8. The molecule has 0 N–H and O–H groups in total. The van der Waals surface area contributed by atoms with Crippen LogP contribution in [0.15, 0.2) is 47.4 Å². The van der Waals surface area contributed by atoms with Gasteiger partial charge in [0.05, 0.1) is 4.90 Å². The minimum absolute atomic E-state index is 0.0965. The van der Waals surface area contributed by atoms with E-state index in [1.54, 1.807) is 0 Å². The molecule has 0 fully saturated rings. The van der Waals surface area contributed by atoms with Crippen molar-refractivity contribution in [2.24, 2.45) is 0 Å². The van der Waals surface area contributed by atoms with Crippen LogP contribution >= 0.6 is 11.6 Å². The molecule has 0 saturated carbocycles. The third kappa shape index (κ3) is 3.93. The predicted molar refractivity (Wildman–Crippen MR) is 83.8 cm³/mol. The molecule has 110 valence electrons. The van der Waals surface area contributed by atoms with Crippen LogP contribution in [0.2, 0.25) is 5.02 Å². The van der Waals surface area contributed by atoms with Crippen LogP contribution in [0, 0.1) is 6.92 Å². The summed E-state index contributed by atoms with van der Waals surface area (Å²) >= 11 is 6.11. The number of sulfone groups is 1. The maximum Gasteiger partial charge on any atom is 0.175 e. The summed E-state index contributed by atoms with van der Waals surface area (Å²) in [5.41, 5.74) is 2.27. The van der Waals surface area contributed by atoms with Gasteiger partial charge in [-0.1, -0.05) is 35.9 Å². The highest BCUT2D eigenvalue weighted by atomic mass is 35.5. The van der Waals surface area contributed by atoms with E-state index in [0.717, 1.165) is 17.4 Å². The lowest BCUT2D eigenvalue weighted by molar-refractivity contribution is 0.0993. The molecule has 0 spiro atoms. The van der Waals surface area contributed by atoms with E-state index in [0.29, 0.717) is 10.6 Å². The van der Waals surface area contributed by atoms with Crippen molar-refractivity contribution < 1.29 is 13.2 Å². The molecule has 2 rings (SSSR count). The van der Waals surface area contributed by atoms with Crippen LogP contribution in [-0.2, 0) is 16.3 Å². The molecule has 0 aliphatic rings. The summed E-state index contributed by atoms with van der Waals surface area (Å²) in [6.45, 7) is 1.93. The van der Waals surface area contributed by atoms with Crippen molar-refractivity contribution in [2.45, 2.75) is 18.2 Å². The van der Waals surface area contributed by atoms with Crippen LogP contribution < -0.4 is 0 Å². The molecule has 0 unspecified atom stereocenters. The second-order valence-electron chi connectivity index (χ2n) is 4.99. The number of rotatable bonds is 4. The summed E-state index contributed by atoms with van der Waals surface area (Å²) in [6, 6.07) is 11.5. The van der Waals surface area contributed by atoms with Gasteiger partial charge in [-0.2, -0.15) is 0 Å². The van der Waals surface area contributed by atoms with Gasteiger partial charge in [0.1, 0.15) is 0 Å². The Kier molecular flexibility index (Phi) is 4.49. The van der Waals surface area contributed by atoms with E-state index in [2.05, 4.69) is 0 Å². The first kappa shape index (κ1) is 15.7. The van der Waals surface area contributed by atoms with E-state index >= 15 is 0 Å². The number of aryl methyl sites for hydroxylation is 1. The summed E-state index contributed by atoms with van der Waals surface area (Å²) in [5.74, 6) is -0.0965. The molecule has 2 aromatic rings. The van der Waals surface area contributed by atoms with Crippen molar-refractivity contribution in [1.29, 1.82) is 0 Å². The topological polar surface area (TPSA) is 51.2 Å². The zero-order valence-electron chi connectivity index (χ0n) is 11.8. The van der Waals surface area contributed by atoms with E-state index in [9.17, 15) is 13.2 Å². The second kappa shape index (κ2) is 6.00. The molecule has 0 saturated heterocycles. The van der Waals surface area contributed by atoms with E-state index in [1.807, 2.05) is 25.1 Å². The first-order chi connectivity index (χ1) is 9.77. The average Bonchev–Trinajstić information content (AvgIpc) is 2.41. The molecule has 2 aromatic carbocycles. The first-order valence-corrected chi connectivity index (χ1v) is 8.62. The number of benzene rings is 2. The van der Waals surface area contributed by atoms with Crippen molar-refractivity contribution in [3.8, 4) is 0 Å². The molecule has 21 heavy (non-hydrogen) atoms. The zero-order chi connectivity index (χ0) is 15.6. The summed E-state index contributed by atoms with van der Waals surface area (Å²) in [7, 11) is -3.25. The lowest BCUT2D eigenvalue weighted by Gasteiger charge is -2.06. The minimum atomic E-state index is -3.25. The van der Waals surface area contributed by atoms with Gasteiger partial charge in [-0.3, -0.25) is 4.79 Å². The van der Waals surface area contributed by atoms with Crippen molar-refractivity contribution in [3.05, 3.63) is 64.2 Å². The van der Waals surface area contributed by atoms with Gasteiger partial charge in [0.15, 0.2) is 15.6 Å². The van der Waals surface area contributed by atoms with Gasteiger partial charge in [0, 0.05) is 23.3 Å². The van der Waals surface area contributed by atoms with Gasteiger partial charge in [0.25, 0.3) is 0 Å². The van der Waals surface area contributed by atoms with Gasteiger partial charge < -0.3 is 0 Å². The molecule has 5 heteroatoms. The van der Waals surface area contributed by atoms with Gasteiger partial charge in [-0.25, -0.2) is 8.42 Å². The van der Waals surface area contributed by atoms with E-state index in [-0.39, 0.29) is 17.1 Å². The predicted octanol–water partition coefficient (Wildman–Crippen LogP) is 3.48. The van der Waals surface area contributed by atoms with Gasteiger partial charge in [0.2, 0.25) is 0 Å². The number of halogens is 1. The summed E-state index contributed by atoms with van der Waals surface area (Å²) in [4.78, 5) is 12.4. The van der Waals surface area contributed by atoms with Gasteiger partial charge >= 0.3 is 0 Å². The number of carbonyl (C=O) groups excluding carboxylic acids is 1.